The van der Waals surface area contributed by atoms with Gasteiger partial charge in [0.1, 0.15) is 5.82 Å². The minimum atomic E-state index is 0.895. The first-order valence-electron chi connectivity index (χ1n) is 6.38. The van der Waals surface area contributed by atoms with Crippen molar-refractivity contribution in [2.24, 2.45) is 10.8 Å². The second-order valence-corrected chi connectivity index (χ2v) is 4.29. The summed E-state index contributed by atoms with van der Waals surface area (Å²) >= 11 is 0. The zero-order valence-electron chi connectivity index (χ0n) is 10.8. The molecule has 18 heavy (non-hydrogen) atoms. The van der Waals surface area contributed by atoms with Gasteiger partial charge in [-0.15, -0.1) is 0 Å². The van der Waals surface area contributed by atoms with Crippen molar-refractivity contribution in [2.45, 2.75) is 13.3 Å². The summed E-state index contributed by atoms with van der Waals surface area (Å²) in [6.07, 6.45) is 4.64. The zero-order valence-corrected chi connectivity index (χ0v) is 10.8. The number of rotatable bonds is 4. The highest BCUT2D eigenvalue weighted by Gasteiger charge is 2.22. The van der Waals surface area contributed by atoms with Crippen LogP contribution in [0, 0.1) is 0 Å². The second-order valence-electron chi connectivity index (χ2n) is 4.29. The van der Waals surface area contributed by atoms with Gasteiger partial charge < -0.3 is 10.6 Å². The lowest BCUT2D eigenvalue weighted by Gasteiger charge is -2.20. The van der Waals surface area contributed by atoms with Crippen molar-refractivity contribution in [3.05, 3.63) is 47.9 Å². The quantitative estimate of drug-likeness (QED) is 0.822. The first kappa shape index (κ1) is 12.5. The van der Waals surface area contributed by atoms with E-state index in [1.807, 2.05) is 41.6 Å². The predicted molar refractivity (Wildman–Crippen MR) is 74.9 cm³/mol. The van der Waals surface area contributed by atoms with Gasteiger partial charge in [0.05, 0.1) is 12.8 Å². The molecule has 96 valence electrons. The van der Waals surface area contributed by atoms with E-state index in [1.165, 1.54) is 0 Å². The number of nitrogens with zero attached hydrogens (tertiary/aromatic N) is 3. The molecule has 2 rings (SSSR count). The molecule has 4 nitrogen and oxygen atoms in total. The van der Waals surface area contributed by atoms with Gasteiger partial charge in [-0.25, -0.2) is 5.01 Å². The van der Waals surface area contributed by atoms with Crippen LogP contribution in [0.25, 0.3) is 0 Å². The Kier molecular flexibility index (Phi) is 4.23. The van der Waals surface area contributed by atoms with E-state index in [1.54, 1.807) is 6.20 Å². The molecule has 1 heterocycles. The van der Waals surface area contributed by atoms with Crippen LogP contribution in [0.3, 0.4) is 0 Å². The van der Waals surface area contributed by atoms with Gasteiger partial charge in [-0.3, -0.25) is 0 Å². The van der Waals surface area contributed by atoms with E-state index in [0.717, 1.165) is 37.4 Å². The van der Waals surface area contributed by atoms with Crippen LogP contribution < -0.4 is 5.73 Å². The third-order valence-electron chi connectivity index (χ3n) is 2.96. The molecule has 1 aromatic carbocycles. The van der Waals surface area contributed by atoms with Crippen LogP contribution in [0.4, 0.5) is 0 Å². The van der Waals surface area contributed by atoms with Crippen LogP contribution in [0.15, 0.2) is 47.5 Å². The van der Waals surface area contributed by atoms with Gasteiger partial charge in [0, 0.05) is 19.3 Å². The molecular weight excluding hydrogens is 224 g/mol. The lowest BCUT2D eigenvalue weighted by molar-refractivity contribution is 0.345. The fourth-order valence-electron chi connectivity index (χ4n) is 2.09. The predicted octanol–water partition coefficient (Wildman–Crippen LogP) is 1.81. The highest BCUT2D eigenvalue weighted by Crippen LogP contribution is 2.17. The molecule has 0 saturated carbocycles. The standard InChI is InChI=1S/C14H20N4/c1-2-8-17-9-10-18(14(17)11-15)16-12-13-6-4-3-5-7-13/h3-7,11-12H,2,8-10,15H2,1H3. The molecule has 0 aliphatic carbocycles. The van der Waals surface area contributed by atoms with Crippen molar-refractivity contribution in [3.8, 4) is 0 Å². The Balaban J connectivity index is 2.04. The van der Waals surface area contributed by atoms with Gasteiger partial charge in [-0.1, -0.05) is 37.3 Å². The fraction of sp³-hybridized carbons (Fsp3) is 0.357. The van der Waals surface area contributed by atoms with E-state index in [9.17, 15) is 0 Å². The van der Waals surface area contributed by atoms with E-state index >= 15 is 0 Å². The van der Waals surface area contributed by atoms with Gasteiger partial charge in [-0.05, 0) is 12.0 Å². The van der Waals surface area contributed by atoms with Gasteiger partial charge in [0.15, 0.2) is 0 Å². The number of hydrogen-bond acceptors (Lipinski definition) is 4. The second kappa shape index (κ2) is 6.10. The summed E-state index contributed by atoms with van der Waals surface area (Å²) in [5.74, 6) is 1.00. The Bertz CT molecular complexity index is 425. The molecule has 0 atom stereocenters. The Morgan fingerprint density at radius 1 is 1.28 bits per heavy atom. The van der Waals surface area contributed by atoms with Crippen molar-refractivity contribution in [2.75, 3.05) is 19.6 Å². The first-order chi connectivity index (χ1) is 8.85. The molecule has 4 heteroatoms. The minimum absolute atomic E-state index is 0.895. The molecule has 1 saturated heterocycles. The minimum Gasteiger partial charge on any atom is -0.402 e. The van der Waals surface area contributed by atoms with Crippen LogP contribution >= 0.6 is 0 Å². The Morgan fingerprint density at radius 3 is 2.72 bits per heavy atom. The van der Waals surface area contributed by atoms with E-state index in [0.29, 0.717) is 0 Å². The Labute approximate surface area is 108 Å². The third-order valence-corrected chi connectivity index (χ3v) is 2.96. The summed E-state index contributed by atoms with van der Waals surface area (Å²) in [6.45, 7) is 5.08. The molecule has 2 N–H and O–H groups in total. The summed E-state index contributed by atoms with van der Waals surface area (Å²) in [5.41, 5.74) is 6.79. The van der Waals surface area contributed by atoms with Crippen molar-refractivity contribution in [3.63, 3.8) is 0 Å². The number of hydrogen-bond donors (Lipinski definition) is 1. The van der Waals surface area contributed by atoms with Crippen molar-refractivity contribution < 1.29 is 0 Å². The summed E-state index contributed by atoms with van der Waals surface area (Å²) in [7, 11) is 0. The van der Waals surface area contributed by atoms with Crippen LogP contribution in [-0.4, -0.2) is 35.8 Å². The summed E-state index contributed by atoms with van der Waals surface area (Å²) < 4.78 is 0. The van der Waals surface area contributed by atoms with Crippen LogP contribution in [-0.2, 0) is 0 Å². The SMILES string of the molecule is CCCN1CCN(N=Cc2ccccc2)C1=CN. The van der Waals surface area contributed by atoms with E-state index in [4.69, 9.17) is 5.73 Å². The smallest absolute Gasteiger partial charge is 0.141 e. The monoisotopic (exact) mass is 244 g/mol. The Hall–Kier alpha value is -1.97. The molecule has 0 spiro atoms. The summed E-state index contributed by atoms with van der Waals surface area (Å²) in [4.78, 5) is 2.27. The zero-order chi connectivity index (χ0) is 12.8. The van der Waals surface area contributed by atoms with Crippen molar-refractivity contribution in [1.82, 2.24) is 9.91 Å². The number of benzene rings is 1. The van der Waals surface area contributed by atoms with Crippen LogP contribution in [0.1, 0.15) is 18.9 Å². The molecule has 0 aromatic heterocycles. The maximum atomic E-state index is 5.69. The lowest BCUT2D eigenvalue weighted by atomic mass is 10.2. The molecule has 0 bridgehead atoms. The number of nitrogens with two attached hydrogens (primary N) is 1. The fourth-order valence-corrected chi connectivity index (χ4v) is 2.09. The highest BCUT2D eigenvalue weighted by molar-refractivity contribution is 5.79. The Morgan fingerprint density at radius 2 is 2.06 bits per heavy atom. The molecule has 0 unspecified atom stereocenters. The first-order valence-corrected chi connectivity index (χ1v) is 6.38. The summed E-state index contributed by atoms with van der Waals surface area (Å²) in [5, 5.41) is 6.46. The molecule has 0 radical (unpaired) electrons. The average molecular weight is 244 g/mol. The molecule has 1 aliphatic heterocycles. The molecular formula is C14H20N4. The maximum Gasteiger partial charge on any atom is 0.141 e. The molecule has 1 aromatic rings. The lowest BCUT2D eigenvalue weighted by Crippen LogP contribution is -2.22. The van der Waals surface area contributed by atoms with Crippen LogP contribution in [0.2, 0.25) is 0 Å². The van der Waals surface area contributed by atoms with Gasteiger partial charge in [0.2, 0.25) is 0 Å². The van der Waals surface area contributed by atoms with Crippen molar-refractivity contribution in [1.29, 1.82) is 0 Å². The molecule has 0 amide bonds. The normalized spacial score (nSPS) is 18.2. The van der Waals surface area contributed by atoms with E-state index in [2.05, 4.69) is 16.9 Å². The largest absolute Gasteiger partial charge is 0.402 e. The molecule has 1 fully saturated rings. The van der Waals surface area contributed by atoms with Crippen molar-refractivity contribution >= 4 is 6.21 Å². The summed E-state index contributed by atoms with van der Waals surface area (Å²) in [6, 6.07) is 10.1. The average Bonchev–Trinajstić information content (AvgIpc) is 2.80. The maximum absolute atomic E-state index is 5.69. The van der Waals surface area contributed by atoms with Gasteiger partial charge >= 0.3 is 0 Å². The van der Waals surface area contributed by atoms with Crippen LogP contribution in [0.5, 0.6) is 0 Å². The topological polar surface area (TPSA) is 44.9 Å². The van der Waals surface area contributed by atoms with E-state index < -0.39 is 0 Å². The van der Waals surface area contributed by atoms with Gasteiger partial charge in [-0.2, -0.15) is 5.10 Å². The number of hydrazone groups is 1. The van der Waals surface area contributed by atoms with E-state index in [-0.39, 0.29) is 0 Å². The van der Waals surface area contributed by atoms with Gasteiger partial charge in [0.25, 0.3) is 0 Å². The highest BCUT2D eigenvalue weighted by atomic mass is 15.6. The third kappa shape index (κ3) is 2.83. The molecule has 1 aliphatic rings.